The van der Waals surface area contributed by atoms with Gasteiger partial charge in [-0.05, 0) is 56.4 Å². The number of carbonyl (C=O) groups is 1. The topological polar surface area (TPSA) is 57.9 Å². The second kappa shape index (κ2) is 9.35. The van der Waals surface area contributed by atoms with Gasteiger partial charge in [0, 0.05) is 19.3 Å². The molecule has 34 heavy (non-hydrogen) atoms. The van der Waals surface area contributed by atoms with Gasteiger partial charge in [0.25, 0.3) is 11.5 Å². The maximum Gasteiger partial charge on any atom is 0.267 e. The standard InChI is InChI=1S/C26H26N4O2S2/c1-17-11-12-22-27-23(28-13-7-4-8-14-28)20(24(31)29(22)16-17)15-21-25(32)30(26(33)34-21)18(2)19-9-5-3-6-10-19/h3,5-6,9-12,15-16,18H,4,7-8,13-14H2,1-2H3/b21-15-/t18-/m0/s1. The van der Waals surface area contributed by atoms with Crippen molar-refractivity contribution in [2.24, 2.45) is 0 Å². The molecule has 0 radical (unpaired) electrons. The van der Waals surface area contributed by atoms with Crippen molar-refractivity contribution in [2.75, 3.05) is 18.0 Å². The van der Waals surface area contributed by atoms with Crippen molar-refractivity contribution in [2.45, 2.75) is 39.2 Å². The first-order chi connectivity index (χ1) is 16.4. The van der Waals surface area contributed by atoms with Crippen LogP contribution in [0.15, 0.2) is 58.4 Å². The third-order valence-electron chi connectivity index (χ3n) is 6.41. The number of carbonyl (C=O) groups excluding carboxylic acids is 1. The van der Waals surface area contributed by atoms with Crippen molar-refractivity contribution >= 4 is 51.7 Å². The van der Waals surface area contributed by atoms with E-state index in [1.807, 2.05) is 56.3 Å². The monoisotopic (exact) mass is 490 g/mol. The van der Waals surface area contributed by atoms with Gasteiger partial charge in [-0.2, -0.15) is 0 Å². The van der Waals surface area contributed by atoms with E-state index < -0.39 is 0 Å². The van der Waals surface area contributed by atoms with E-state index >= 15 is 0 Å². The van der Waals surface area contributed by atoms with Gasteiger partial charge in [-0.15, -0.1) is 0 Å². The Morgan fingerprint density at radius 3 is 2.53 bits per heavy atom. The molecule has 174 valence electrons. The number of benzene rings is 1. The second-order valence-corrected chi connectivity index (χ2v) is 10.5. The largest absolute Gasteiger partial charge is 0.356 e. The zero-order valence-electron chi connectivity index (χ0n) is 19.2. The highest BCUT2D eigenvalue weighted by Gasteiger charge is 2.36. The molecule has 2 aliphatic rings. The third kappa shape index (κ3) is 4.16. The summed E-state index contributed by atoms with van der Waals surface area (Å²) < 4.78 is 2.07. The Balaban J connectivity index is 1.60. The second-order valence-electron chi connectivity index (χ2n) is 8.77. The van der Waals surface area contributed by atoms with Gasteiger partial charge in [-0.25, -0.2) is 4.98 Å². The quantitative estimate of drug-likeness (QED) is 0.381. The van der Waals surface area contributed by atoms with Gasteiger partial charge < -0.3 is 4.90 Å². The van der Waals surface area contributed by atoms with E-state index in [4.69, 9.17) is 17.2 Å². The van der Waals surface area contributed by atoms with Crippen LogP contribution >= 0.6 is 24.0 Å². The number of hydrogen-bond donors (Lipinski definition) is 0. The van der Waals surface area contributed by atoms with Crippen molar-refractivity contribution in [3.05, 3.63) is 80.6 Å². The maximum absolute atomic E-state index is 13.6. The summed E-state index contributed by atoms with van der Waals surface area (Å²) in [4.78, 5) is 36.2. The summed E-state index contributed by atoms with van der Waals surface area (Å²) in [6, 6.07) is 13.5. The van der Waals surface area contributed by atoms with E-state index in [1.54, 1.807) is 21.6 Å². The molecule has 6 nitrogen and oxygen atoms in total. The number of amides is 1. The summed E-state index contributed by atoms with van der Waals surface area (Å²) in [7, 11) is 0. The van der Waals surface area contributed by atoms with Crippen LogP contribution in [0.2, 0.25) is 0 Å². The van der Waals surface area contributed by atoms with Crippen LogP contribution in [0.3, 0.4) is 0 Å². The third-order valence-corrected chi connectivity index (χ3v) is 7.74. The lowest BCUT2D eigenvalue weighted by Crippen LogP contribution is -2.34. The van der Waals surface area contributed by atoms with E-state index in [9.17, 15) is 9.59 Å². The molecule has 8 heteroatoms. The number of thiocarbonyl (C=S) groups is 1. The number of aromatic nitrogens is 2. The number of aryl methyl sites for hydroxylation is 1. The van der Waals surface area contributed by atoms with Crippen LogP contribution in [-0.2, 0) is 4.79 Å². The molecule has 2 aliphatic heterocycles. The smallest absolute Gasteiger partial charge is 0.267 e. The summed E-state index contributed by atoms with van der Waals surface area (Å²) in [6.07, 6.45) is 6.79. The first-order valence-corrected chi connectivity index (χ1v) is 12.8. The zero-order valence-corrected chi connectivity index (χ0v) is 20.9. The van der Waals surface area contributed by atoms with Gasteiger partial charge in [0.15, 0.2) is 0 Å². The van der Waals surface area contributed by atoms with Crippen molar-refractivity contribution < 1.29 is 4.79 Å². The van der Waals surface area contributed by atoms with Crippen LogP contribution in [0, 0.1) is 6.92 Å². The number of pyridine rings is 1. The minimum atomic E-state index is -0.195. The molecule has 4 heterocycles. The van der Waals surface area contributed by atoms with Crippen molar-refractivity contribution in [1.82, 2.24) is 14.3 Å². The van der Waals surface area contributed by atoms with E-state index in [0.717, 1.165) is 37.1 Å². The lowest BCUT2D eigenvalue weighted by Gasteiger charge is -2.29. The van der Waals surface area contributed by atoms with E-state index in [2.05, 4.69) is 4.90 Å². The molecule has 0 aliphatic carbocycles. The highest BCUT2D eigenvalue weighted by molar-refractivity contribution is 8.26. The first kappa shape index (κ1) is 22.8. The maximum atomic E-state index is 13.6. The number of nitrogens with zero attached hydrogens (tertiary/aromatic N) is 4. The van der Waals surface area contributed by atoms with Gasteiger partial charge >= 0.3 is 0 Å². The Bertz CT molecular complexity index is 1360. The van der Waals surface area contributed by atoms with Crippen LogP contribution in [0.5, 0.6) is 0 Å². The molecular formula is C26H26N4O2S2. The highest BCUT2D eigenvalue weighted by Crippen LogP contribution is 2.38. The molecule has 1 amide bonds. The molecule has 2 aromatic heterocycles. The van der Waals surface area contributed by atoms with Crippen LogP contribution in [0.25, 0.3) is 11.7 Å². The molecule has 2 fully saturated rings. The lowest BCUT2D eigenvalue weighted by atomic mass is 10.1. The summed E-state index contributed by atoms with van der Waals surface area (Å²) in [5, 5.41) is 0. The molecule has 2 saturated heterocycles. The number of thioether (sulfide) groups is 1. The fourth-order valence-electron chi connectivity index (χ4n) is 4.55. The SMILES string of the molecule is Cc1ccc2nc(N3CCCCC3)c(/C=C3\SC(=S)N([C@@H](C)c4ccccc4)C3=O)c(=O)n2c1. The molecular weight excluding hydrogens is 464 g/mol. The molecule has 0 N–H and O–H groups in total. The summed E-state index contributed by atoms with van der Waals surface area (Å²) in [5.74, 6) is 0.472. The van der Waals surface area contributed by atoms with Gasteiger partial charge in [0.05, 0.1) is 16.5 Å². The minimum absolute atomic E-state index is 0.171. The van der Waals surface area contributed by atoms with Gasteiger partial charge in [-0.3, -0.25) is 18.9 Å². The van der Waals surface area contributed by atoms with Crippen molar-refractivity contribution in [3.8, 4) is 0 Å². The number of piperidine rings is 1. The normalized spacial score (nSPS) is 18.8. The molecule has 0 spiro atoms. The fourth-order valence-corrected chi connectivity index (χ4v) is 5.95. The average molecular weight is 491 g/mol. The molecule has 0 saturated carbocycles. The number of fused-ring (bicyclic) bond motifs is 1. The zero-order chi connectivity index (χ0) is 23.8. The van der Waals surface area contributed by atoms with Gasteiger partial charge in [-0.1, -0.05) is 60.4 Å². The lowest BCUT2D eigenvalue weighted by molar-refractivity contribution is -0.123. The Morgan fingerprint density at radius 1 is 1.06 bits per heavy atom. The molecule has 5 rings (SSSR count). The summed E-state index contributed by atoms with van der Waals surface area (Å²) in [5.41, 5.74) is 2.86. The van der Waals surface area contributed by atoms with Crippen LogP contribution in [0.4, 0.5) is 5.82 Å². The summed E-state index contributed by atoms with van der Waals surface area (Å²) in [6.45, 7) is 5.61. The Morgan fingerprint density at radius 2 is 1.79 bits per heavy atom. The summed E-state index contributed by atoms with van der Waals surface area (Å²) >= 11 is 6.84. The predicted molar refractivity (Wildman–Crippen MR) is 142 cm³/mol. The molecule has 1 atom stereocenters. The molecule has 3 aromatic rings. The number of hydrogen-bond acceptors (Lipinski definition) is 6. The Labute approximate surface area is 208 Å². The Kier molecular flexibility index (Phi) is 6.27. The number of rotatable bonds is 4. The predicted octanol–water partition coefficient (Wildman–Crippen LogP) is 4.96. The van der Waals surface area contributed by atoms with Crippen LogP contribution in [0.1, 0.15) is 48.9 Å². The Hall–Kier alpha value is -2.97. The first-order valence-electron chi connectivity index (χ1n) is 11.5. The average Bonchev–Trinajstić information content (AvgIpc) is 3.14. The van der Waals surface area contributed by atoms with E-state index in [1.165, 1.54) is 18.2 Å². The van der Waals surface area contributed by atoms with Crippen LogP contribution < -0.4 is 10.5 Å². The molecule has 0 unspecified atom stereocenters. The number of anilines is 1. The van der Waals surface area contributed by atoms with Gasteiger partial charge in [0.1, 0.15) is 15.8 Å². The minimum Gasteiger partial charge on any atom is -0.356 e. The van der Waals surface area contributed by atoms with Gasteiger partial charge in [0.2, 0.25) is 0 Å². The molecule has 0 bridgehead atoms. The highest BCUT2D eigenvalue weighted by atomic mass is 32.2. The van der Waals surface area contributed by atoms with E-state index in [-0.39, 0.29) is 17.5 Å². The van der Waals surface area contributed by atoms with Crippen LogP contribution in [-0.4, -0.2) is 37.6 Å². The fraction of sp³-hybridized carbons (Fsp3) is 0.308. The van der Waals surface area contributed by atoms with Crippen molar-refractivity contribution in [1.29, 1.82) is 0 Å². The van der Waals surface area contributed by atoms with Crippen molar-refractivity contribution in [3.63, 3.8) is 0 Å². The molecule has 1 aromatic carbocycles. The van der Waals surface area contributed by atoms with E-state index in [0.29, 0.717) is 26.3 Å².